The number of aliphatic hydroxyl groups excluding tert-OH is 1. The number of pyridine rings is 2. The van der Waals surface area contributed by atoms with E-state index in [9.17, 15) is 5.11 Å². The summed E-state index contributed by atoms with van der Waals surface area (Å²) in [4.78, 5) is 14.5. The molecule has 0 aliphatic carbocycles. The van der Waals surface area contributed by atoms with E-state index < -0.39 is 0 Å². The highest BCUT2D eigenvalue weighted by atomic mass is 16.5. The minimum atomic E-state index is -0.233. The third-order valence-electron chi connectivity index (χ3n) is 8.65. The van der Waals surface area contributed by atoms with Gasteiger partial charge in [0.2, 0.25) is 0 Å². The maximum Gasteiger partial charge on any atom is 0.0771 e. The monoisotopic (exact) mass is 448 g/mol. The first-order chi connectivity index (χ1) is 16.1. The van der Waals surface area contributed by atoms with Crippen LogP contribution in [0.4, 0.5) is 11.4 Å². The van der Waals surface area contributed by atoms with E-state index in [0.717, 1.165) is 63.1 Å². The van der Waals surface area contributed by atoms with Gasteiger partial charge in [-0.3, -0.25) is 9.97 Å². The average molecular weight is 449 g/mol. The van der Waals surface area contributed by atoms with Crippen molar-refractivity contribution in [2.75, 3.05) is 23.0 Å². The minimum absolute atomic E-state index is 0.233. The fourth-order valence-corrected chi connectivity index (χ4v) is 6.87. The van der Waals surface area contributed by atoms with Crippen LogP contribution in [0.15, 0.2) is 36.7 Å². The third kappa shape index (κ3) is 3.81. The van der Waals surface area contributed by atoms with Gasteiger partial charge in [-0.2, -0.15) is 0 Å². The zero-order valence-electron chi connectivity index (χ0n) is 19.8. The van der Waals surface area contributed by atoms with E-state index >= 15 is 0 Å². The number of morpholine rings is 1. The van der Waals surface area contributed by atoms with Gasteiger partial charge in [-0.15, -0.1) is 0 Å². The number of aromatic nitrogens is 2. The Balaban J connectivity index is 1.16. The van der Waals surface area contributed by atoms with Gasteiger partial charge < -0.3 is 19.6 Å². The summed E-state index contributed by atoms with van der Waals surface area (Å²) in [5.41, 5.74) is 4.70. The predicted molar refractivity (Wildman–Crippen MR) is 130 cm³/mol. The molecule has 2 aromatic rings. The summed E-state index contributed by atoms with van der Waals surface area (Å²) in [5, 5.41) is 11.1. The molecule has 6 nitrogen and oxygen atoms in total. The Hall–Kier alpha value is -2.18. The summed E-state index contributed by atoms with van der Waals surface area (Å²) >= 11 is 0. The molecule has 7 atom stereocenters. The zero-order chi connectivity index (χ0) is 22.5. The largest absolute Gasteiger partial charge is 0.393 e. The van der Waals surface area contributed by atoms with E-state index in [-0.39, 0.29) is 12.0 Å². The fraction of sp³-hybridized carbons (Fsp3) is 0.630. The molecular formula is C27H36N4O2. The molecule has 33 heavy (non-hydrogen) atoms. The Morgan fingerprint density at radius 2 is 1.91 bits per heavy atom. The number of nitrogens with zero attached hydrogens (tertiary/aromatic N) is 4. The number of aryl methyl sites for hydroxylation is 1. The van der Waals surface area contributed by atoms with Crippen LogP contribution in [0.2, 0.25) is 0 Å². The van der Waals surface area contributed by atoms with Gasteiger partial charge >= 0.3 is 0 Å². The van der Waals surface area contributed by atoms with Crippen LogP contribution in [0.3, 0.4) is 0 Å². The highest BCUT2D eigenvalue weighted by Crippen LogP contribution is 2.45. The summed E-state index contributed by atoms with van der Waals surface area (Å²) in [7, 11) is 0. The maximum atomic E-state index is 11.1. The van der Waals surface area contributed by atoms with Crippen LogP contribution < -0.4 is 9.80 Å². The van der Waals surface area contributed by atoms with Crippen LogP contribution in [0.1, 0.15) is 63.3 Å². The van der Waals surface area contributed by atoms with Crippen molar-refractivity contribution in [1.82, 2.24) is 9.97 Å². The van der Waals surface area contributed by atoms with Crippen LogP contribution >= 0.6 is 0 Å². The summed E-state index contributed by atoms with van der Waals surface area (Å²) in [5.74, 6) is 0.578. The molecular weight excluding hydrogens is 412 g/mol. The van der Waals surface area contributed by atoms with Crippen molar-refractivity contribution < 1.29 is 9.84 Å². The van der Waals surface area contributed by atoms with Crippen molar-refractivity contribution in [3.63, 3.8) is 0 Å². The minimum Gasteiger partial charge on any atom is -0.393 e. The average Bonchev–Trinajstić information content (AvgIpc) is 3.56. The highest BCUT2D eigenvalue weighted by molar-refractivity contribution is 5.50. The van der Waals surface area contributed by atoms with Crippen LogP contribution in [-0.4, -0.2) is 58.6 Å². The molecule has 4 aliphatic rings. The molecule has 6 rings (SSSR count). The number of hydrogen-bond donors (Lipinski definition) is 1. The molecule has 1 N–H and O–H groups in total. The zero-order valence-corrected chi connectivity index (χ0v) is 19.8. The van der Waals surface area contributed by atoms with E-state index in [1.165, 1.54) is 11.4 Å². The van der Waals surface area contributed by atoms with E-state index in [2.05, 4.69) is 52.9 Å². The Morgan fingerprint density at radius 1 is 1.06 bits per heavy atom. The number of fused-ring (bicyclic) bond motifs is 4. The number of aliphatic hydroxyl groups is 1. The predicted octanol–water partition coefficient (Wildman–Crippen LogP) is 3.93. The number of piperidine rings is 1. The Bertz CT molecular complexity index is 965. The van der Waals surface area contributed by atoms with Gasteiger partial charge in [0.05, 0.1) is 48.6 Å². The maximum absolute atomic E-state index is 11.1. The molecule has 4 bridgehead atoms. The second-order valence-corrected chi connectivity index (χ2v) is 10.6. The lowest BCUT2D eigenvalue weighted by Gasteiger charge is -2.45. The summed E-state index contributed by atoms with van der Waals surface area (Å²) in [6.45, 7) is 6.24. The highest BCUT2D eigenvalue weighted by Gasteiger charge is 2.47. The van der Waals surface area contributed by atoms with Crippen molar-refractivity contribution in [3.05, 3.63) is 48.0 Å². The normalized spacial score (nSPS) is 33.7. The van der Waals surface area contributed by atoms with Gasteiger partial charge in [-0.25, -0.2) is 0 Å². The molecule has 5 unspecified atom stereocenters. The Morgan fingerprint density at radius 3 is 2.58 bits per heavy atom. The van der Waals surface area contributed by atoms with Crippen molar-refractivity contribution in [1.29, 1.82) is 0 Å². The van der Waals surface area contributed by atoms with E-state index in [1.54, 1.807) is 0 Å². The lowest BCUT2D eigenvalue weighted by Crippen LogP contribution is -2.51. The molecule has 0 amide bonds. The van der Waals surface area contributed by atoms with Crippen molar-refractivity contribution in [2.45, 2.75) is 88.6 Å². The van der Waals surface area contributed by atoms with Gasteiger partial charge in [-0.05, 0) is 68.7 Å². The number of anilines is 2. The van der Waals surface area contributed by atoms with Gasteiger partial charge in [0.25, 0.3) is 0 Å². The van der Waals surface area contributed by atoms with Crippen molar-refractivity contribution in [2.24, 2.45) is 5.92 Å². The smallest absolute Gasteiger partial charge is 0.0771 e. The second kappa shape index (κ2) is 8.55. The standard InChI is InChI=1S/C27H36N4O2/c1-3-18-4-5-21(14-28-18)31-19-7-9-26(31)24(27(32)12-19)10-17(2)25-8-6-20(13-29-25)30-15-23-11-22(30)16-33-23/h4-6,8,13-14,17,19,22-24,26-27,32H,3,7,9-12,15-16H2,1-2H3/t17?,19?,22-,23-,24?,26?,27?/m0/s1. The second-order valence-electron chi connectivity index (χ2n) is 10.6. The number of hydrogen-bond acceptors (Lipinski definition) is 6. The lowest BCUT2D eigenvalue weighted by atomic mass is 9.80. The van der Waals surface area contributed by atoms with Crippen LogP contribution in [0.5, 0.6) is 0 Å². The third-order valence-corrected chi connectivity index (χ3v) is 8.65. The van der Waals surface area contributed by atoms with Gasteiger partial charge in [0, 0.05) is 35.9 Å². The molecule has 6 heteroatoms. The van der Waals surface area contributed by atoms with Gasteiger partial charge in [0.1, 0.15) is 0 Å². The first kappa shape index (κ1) is 21.4. The molecule has 0 radical (unpaired) electrons. The first-order valence-corrected chi connectivity index (χ1v) is 12.9. The van der Waals surface area contributed by atoms with Crippen LogP contribution in [-0.2, 0) is 11.2 Å². The molecule has 0 saturated carbocycles. The Labute approximate surface area is 197 Å². The van der Waals surface area contributed by atoms with E-state index in [4.69, 9.17) is 9.72 Å². The topological polar surface area (TPSA) is 61.7 Å². The number of ether oxygens (including phenoxy) is 1. The van der Waals surface area contributed by atoms with Gasteiger partial charge in [0.15, 0.2) is 0 Å². The SMILES string of the molecule is CCc1ccc(N2C3CCC2C(CC(C)c2ccc(N4C[C@@H]5C[C@H]4CO5)cn2)C(O)C3)cn1. The summed E-state index contributed by atoms with van der Waals surface area (Å²) in [6, 6.07) is 10.1. The molecule has 0 aromatic carbocycles. The molecule has 4 saturated heterocycles. The molecule has 2 aromatic heterocycles. The van der Waals surface area contributed by atoms with E-state index in [1.807, 2.05) is 12.4 Å². The van der Waals surface area contributed by atoms with Crippen LogP contribution in [0.25, 0.3) is 0 Å². The summed E-state index contributed by atoms with van der Waals surface area (Å²) in [6.07, 6.45) is 10.5. The first-order valence-electron chi connectivity index (χ1n) is 12.9. The molecule has 4 aliphatic heterocycles. The summed E-state index contributed by atoms with van der Waals surface area (Å²) < 4.78 is 5.74. The quantitative estimate of drug-likeness (QED) is 0.723. The number of rotatable bonds is 6. The molecule has 4 fully saturated rings. The molecule has 0 spiro atoms. The molecule has 6 heterocycles. The van der Waals surface area contributed by atoms with Crippen LogP contribution in [0, 0.1) is 5.92 Å². The molecule has 176 valence electrons. The van der Waals surface area contributed by atoms with E-state index in [0.29, 0.717) is 30.1 Å². The van der Waals surface area contributed by atoms with Crippen molar-refractivity contribution >= 4 is 11.4 Å². The fourth-order valence-electron chi connectivity index (χ4n) is 6.87. The van der Waals surface area contributed by atoms with Crippen molar-refractivity contribution in [3.8, 4) is 0 Å². The lowest BCUT2D eigenvalue weighted by molar-refractivity contribution is 0.0573. The Kier molecular flexibility index (Phi) is 5.53. The van der Waals surface area contributed by atoms with Gasteiger partial charge in [-0.1, -0.05) is 13.8 Å².